The van der Waals surface area contributed by atoms with E-state index in [0.717, 1.165) is 62.1 Å². The highest BCUT2D eigenvalue weighted by atomic mass is 16.2. The summed E-state index contributed by atoms with van der Waals surface area (Å²) in [7, 11) is 0. The third kappa shape index (κ3) is 3.76. The van der Waals surface area contributed by atoms with E-state index in [2.05, 4.69) is 32.7 Å². The summed E-state index contributed by atoms with van der Waals surface area (Å²) in [5, 5.41) is 12.8. The molecule has 1 aliphatic heterocycles. The predicted molar refractivity (Wildman–Crippen MR) is 106 cm³/mol. The van der Waals surface area contributed by atoms with Gasteiger partial charge in [-0.05, 0) is 45.1 Å². The lowest BCUT2D eigenvalue weighted by Crippen LogP contribution is -2.49. The molecule has 3 fully saturated rings. The van der Waals surface area contributed by atoms with E-state index in [-0.39, 0.29) is 5.91 Å². The molecule has 0 atom stereocenters. The van der Waals surface area contributed by atoms with Gasteiger partial charge in [-0.3, -0.25) is 14.6 Å². The number of rotatable bonds is 5. The second kappa shape index (κ2) is 7.65. The summed E-state index contributed by atoms with van der Waals surface area (Å²) < 4.78 is 2.23. The van der Waals surface area contributed by atoms with Gasteiger partial charge in [0.25, 0.3) is 0 Å². The second-order valence-corrected chi connectivity index (χ2v) is 8.45. The standard InChI is InChI=1S/C21H31N5O/c1-15-16(2)26(18-5-3-4-6-18)21(19(15)13-22)23-20(27)14-24-9-11-25(12-10-24)17-7-8-17/h17-18H,3-12,14H2,1-2H3,(H,23,27). The number of carbonyl (C=O) groups excluding carboxylic acids is 1. The lowest BCUT2D eigenvalue weighted by atomic mass is 10.2. The number of nitriles is 1. The predicted octanol–water partition coefficient (Wildman–Crippen LogP) is 2.81. The fourth-order valence-corrected chi connectivity index (χ4v) is 4.81. The van der Waals surface area contributed by atoms with E-state index in [0.29, 0.717) is 18.2 Å². The molecule has 6 heteroatoms. The summed E-state index contributed by atoms with van der Waals surface area (Å²) in [6.07, 6.45) is 7.39. The number of hydrogen-bond acceptors (Lipinski definition) is 4. The van der Waals surface area contributed by atoms with Gasteiger partial charge in [-0.25, -0.2) is 0 Å². The van der Waals surface area contributed by atoms with Crippen molar-refractivity contribution in [2.75, 3.05) is 38.0 Å². The second-order valence-electron chi connectivity index (χ2n) is 8.45. The van der Waals surface area contributed by atoms with Crippen LogP contribution in [-0.2, 0) is 4.79 Å². The smallest absolute Gasteiger partial charge is 0.239 e. The quantitative estimate of drug-likeness (QED) is 0.867. The van der Waals surface area contributed by atoms with Gasteiger partial charge in [-0.15, -0.1) is 0 Å². The number of hydrogen-bond donors (Lipinski definition) is 1. The molecule has 4 rings (SSSR count). The zero-order chi connectivity index (χ0) is 19.0. The molecule has 1 N–H and O–H groups in total. The molecule has 3 aliphatic rings. The first-order chi connectivity index (χ1) is 13.1. The minimum Gasteiger partial charge on any atom is -0.327 e. The Morgan fingerprint density at radius 1 is 1.07 bits per heavy atom. The van der Waals surface area contributed by atoms with Gasteiger partial charge in [-0.1, -0.05) is 12.8 Å². The van der Waals surface area contributed by atoms with Crippen molar-refractivity contribution in [3.8, 4) is 6.07 Å². The van der Waals surface area contributed by atoms with Crippen LogP contribution in [0.1, 0.15) is 61.4 Å². The number of piperazine rings is 1. The highest BCUT2D eigenvalue weighted by molar-refractivity contribution is 5.93. The van der Waals surface area contributed by atoms with E-state index < -0.39 is 0 Å². The molecule has 0 unspecified atom stereocenters. The number of anilines is 1. The van der Waals surface area contributed by atoms with Crippen molar-refractivity contribution in [3.05, 3.63) is 16.8 Å². The van der Waals surface area contributed by atoms with Crippen molar-refractivity contribution >= 4 is 11.7 Å². The van der Waals surface area contributed by atoms with Crippen LogP contribution in [0.4, 0.5) is 5.82 Å². The molecule has 1 aromatic heterocycles. The SMILES string of the molecule is Cc1c(C#N)c(NC(=O)CN2CCN(C3CC3)CC2)n(C2CCCC2)c1C. The molecule has 1 amide bonds. The maximum atomic E-state index is 12.8. The van der Waals surface area contributed by atoms with Gasteiger partial charge in [0.2, 0.25) is 5.91 Å². The Bertz CT molecular complexity index is 744. The van der Waals surface area contributed by atoms with Crippen LogP contribution < -0.4 is 5.32 Å². The van der Waals surface area contributed by atoms with Crippen LogP contribution in [-0.4, -0.2) is 59.0 Å². The summed E-state index contributed by atoms with van der Waals surface area (Å²) in [6, 6.07) is 3.54. The molecule has 6 nitrogen and oxygen atoms in total. The Hall–Kier alpha value is -1.84. The molecule has 2 aliphatic carbocycles. The monoisotopic (exact) mass is 369 g/mol. The summed E-state index contributed by atoms with van der Waals surface area (Å²) in [5.74, 6) is 0.726. The Morgan fingerprint density at radius 2 is 1.74 bits per heavy atom. The summed E-state index contributed by atoms with van der Waals surface area (Å²) in [6.45, 7) is 8.52. The Labute approximate surface area is 162 Å². The highest BCUT2D eigenvalue weighted by Gasteiger charge is 2.32. The number of nitrogens with one attached hydrogen (secondary N) is 1. The van der Waals surface area contributed by atoms with E-state index >= 15 is 0 Å². The molecule has 0 radical (unpaired) electrons. The molecule has 2 saturated carbocycles. The Kier molecular flexibility index (Phi) is 5.25. The lowest BCUT2D eigenvalue weighted by molar-refractivity contribution is -0.117. The minimum atomic E-state index is 0.00289. The van der Waals surface area contributed by atoms with E-state index in [1.165, 1.54) is 25.7 Å². The molecule has 146 valence electrons. The summed E-state index contributed by atoms with van der Waals surface area (Å²) in [4.78, 5) is 17.6. The van der Waals surface area contributed by atoms with Crippen molar-refractivity contribution in [2.45, 2.75) is 64.5 Å². The molecule has 0 spiro atoms. The molecule has 27 heavy (non-hydrogen) atoms. The van der Waals surface area contributed by atoms with Gasteiger partial charge >= 0.3 is 0 Å². The van der Waals surface area contributed by atoms with Crippen molar-refractivity contribution in [1.29, 1.82) is 5.26 Å². The highest BCUT2D eigenvalue weighted by Crippen LogP contribution is 2.37. The zero-order valence-corrected chi connectivity index (χ0v) is 16.6. The van der Waals surface area contributed by atoms with Gasteiger partial charge in [0.15, 0.2) is 0 Å². The van der Waals surface area contributed by atoms with Crippen LogP contribution in [0.25, 0.3) is 0 Å². The van der Waals surface area contributed by atoms with Crippen LogP contribution in [0.15, 0.2) is 0 Å². The van der Waals surface area contributed by atoms with Crippen molar-refractivity contribution < 1.29 is 4.79 Å². The fourth-order valence-electron chi connectivity index (χ4n) is 4.81. The van der Waals surface area contributed by atoms with Gasteiger partial charge in [0, 0.05) is 44.0 Å². The molecule has 0 bridgehead atoms. The Morgan fingerprint density at radius 3 is 2.33 bits per heavy atom. The first kappa shape index (κ1) is 18.5. The molecule has 1 saturated heterocycles. The van der Waals surface area contributed by atoms with E-state index in [4.69, 9.17) is 0 Å². The first-order valence-corrected chi connectivity index (χ1v) is 10.5. The molecule has 0 aromatic carbocycles. The Balaban J connectivity index is 1.44. The van der Waals surface area contributed by atoms with Crippen molar-refractivity contribution in [2.24, 2.45) is 0 Å². The molecule has 2 heterocycles. The topological polar surface area (TPSA) is 64.3 Å². The van der Waals surface area contributed by atoms with Crippen molar-refractivity contribution in [3.63, 3.8) is 0 Å². The van der Waals surface area contributed by atoms with Gasteiger partial charge in [0.05, 0.1) is 12.1 Å². The average molecular weight is 370 g/mol. The van der Waals surface area contributed by atoms with E-state index in [9.17, 15) is 10.1 Å². The first-order valence-electron chi connectivity index (χ1n) is 10.5. The van der Waals surface area contributed by atoms with Crippen LogP contribution >= 0.6 is 0 Å². The normalized spacial score (nSPS) is 22.1. The number of amides is 1. The third-order valence-corrected chi connectivity index (χ3v) is 6.65. The van der Waals surface area contributed by atoms with Crippen LogP contribution in [0.3, 0.4) is 0 Å². The fraction of sp³-hybridized carbons (Fsp3) is 0.714. The number of carbonyl (C=O) groups is 1. The van der Waals surface area contributed by atoms with Crippen LogP contribution in [0, 0.1) is 25.2 Å². The number of aromatic nitrogens is 1. The van der Waals surface area contributed by atoms with Crippen LogP contribution in [0.2, 0.25) is 0 Å². The van der Waals surface area contributed by atoms with Crippen molar-refractivity contribution in [1.82, 2.24) is 14.4 Å². The summed E-state index contributed by atoms with van der Waals surface area (Å²) in [5.41, 5.74) is 2.75. The number of nitrogens with zero attached hydrogens (tertiary/aromatic N) is 4. The third-order valence-electron chi connectivity index (χ3n) is 6.65. The van der Waals surface area contributed by atoms with Crippen LogP contribution in [0.5, 0.6) is 0 Å². The average Bonchev–Trinajstić information content (AvgIpc) is 3.32. The van der Waals surface area contributed by atoms with Gasteiger partial charge < -0.3 is 9.88 Å². The lowest BCUT2D eigenvalue weighted by Gasteiger charge is -2.34. The largest absolute Gasteiger partial charge is 0.327 e. The van der Waals surface area contributed by atoms with Gasteiger partial charge in [0.1, 0.15) is 11.9 Å². The molecular weight excluding hydrogens is 338 g/mol. The minimum absolute atomic E-state index is 0.00289. The van der Waals surface area contributed by atoms with E-state index in [1.54, 1.807) is 0 Å². The summed E-state index contributed by atoms with van der Waals surface area (Å²) >= 11 is 0. The maximum Gasteiger partial charge on any atom is 0.239 e. The van der Waals surface area contributed by atoms with Gasteiger partial charge in [-0.2, -0.15) is 5.26 Å². The molecular formula is C21H31N5O. The molecule has 1 aromatic rings. The maximum absolute atomic E-state index is 12.8. The zero-order valence-electron chi connectivity index (χ0n) is 16.6. The van der Waals surface area contributed by atoms with E-state index in [1.807, 2.05) is 6.92 Å².